The van der Waals surface area contributed by atoms with Gasteiger partial charge in [-0.05, 0) is 19.1 Å². The van der Waals surface area contributed by atoms with Gasteiger partial charge in [-0.1, -0.05) is 12.1 Å². The summed E-state index contributed by atoms with van der Waals surface area (Å²) in [6.07, 6.45) is 0. The Bertz CT molecular complexity index is 430. The van der Waals surface area contributed by atoms with E-state index in [9.17, 15) is 9.18 Å². The van der Waals surface area contributed by atoms with Gasteiger partial charge >= 0.3 is 0 Å². The molecule has 2 rings (SSSR count). The minimum atomic E-state index is -0.403. The molecule has 0 aliphatic carbocycles. The Morgan fingerprint density at radius 1 is 1.53 bits per heavy atom. The summed E-state index contributed by atoms with van der Waals surface area (Å²) >= 11 is 0. The van der Waals surface area contributed by atoms with E-state index in [0.29, 0.717) is 12.6 Å². The van der Waals surface area contributed by atoms with Gasteiger partial charge < -0.3 is 10.6 Å². The first-order chi connectivity index (χ1) is 8.65. The van der Waals surface area contributed by atoms with Gasteiger partial charge in [-0.25, -0.2) is 4.39 Å². The Morgan fingerprint density at radius 2 is 2.26 bits per heavy atom. The van der Waals surface area contributed by atoms with Crippen LogP contribution in [0.2, 0.25) is 0 Å². The van der Waals surface area contributed by atoms with Gasteiger partial charge in [0.25, 0.3) is 0 Å². The summed E-state index contributed by atoms with van der Waals surface area (Å²) in [6, 6.07) is 6.59. The molecule has 1 saturated heterocycles. The molecule has 1 aliphatic heterocycles. The first-order valence-corrected chi connectivity index (χ1v) is 6.15. The molecule has 1 aromatic rings. The smallest absolute Gasteiger partial charge is 0.238 e. The molecule has 1 heterocycles. The van der Waals surface area contributed by atoms with Crippen molar-refractivity contribution in [2.75, 3.05) is 31.5 Å². The minimum Gasteiger partial charge on any atom is -0.322 e. The molecular weight excluding hydrogens is 269 g/mol. The monoisotopic (exact) mass is 287 g/mol. The fraction of sp³-hybridized carbons (Fsp3) is 0.462. The molecule has 1 unspecified atom stereocenters. The highest BCUT2D eigenvalue weighted by atomic mass is 35.5. The summed E-state index contributed by atoms with van der Waals surface area (Å²) in [5.74, 6) is -0.575. The van der Waals surface area contributed by atoms with Crippen molar-refractivity contribution in [2.24, 2.45) is 0 Å². The fourth-order valence-electron chi connectivity index (χ4n) is 2.11. The number of para-hydroxylation sites is 1. The predicted octanol–water partition coefficient (Wildman–Crippen LogP) is 1.48. The number of rotatable bonds is 3. The van der Waals surface area contributed by atoms with Crippen LogP contribution in [-0.2, 0) is 4.79 Å². The lowest BCUT2D eigenvalue weighted by Gasteiger charge is -2.31. The summed E-state index contributed by atoms with van der Waals surface area (Å²) in [6.45, 7) is 4.95. The van der Waals surface area contributed by atoms with E-state index < -0.39 is 5.82 Å². The SMILES string of the molecule is CC1CN(CC(=O)Nc2ccccc2F)CCN1.Cl. The van der Waals surface area contributed by atoms with Crippen molar-refractivity contribution in [3.63, 3.8) is 0 Å². The van der Waals surface area contributed by atoms with Crippen molar-refractivity contribution in [3.05, 3.63) is 30.1 Å². The van der Waals surface area contributed by atoms with Gasteiger partial charge in [0.2, 0.25) is 5.91 Å². The van der Waals surface area contributed by atoms with Gasteiger partial charge in [-0.15, -0.1) is 12.4 Å². The highest BCUT2D eigenvalue weighted by Gasteiger charge is 2.18. The first kappa shape index (κ1) is 15.9. The number of amides is 1. The topological polar surface area (TPSA) is 44.4 Å². The predicted molar refractivity (Wildman–Crippen MR) is 76.2 cm³/mol. The van der Waals surface area contributed by atoms with Crippen LogP contribution >= 0.6 is 12.4 Å². The summed E-state index contributed by atoms with van der Waals surface area (Å²) in [4.78, 5) is 13.9. The zero-order valence-corrected chi connectivity index (χ0v) is 11.7. The second kappa shape index (κ2) is 7.43. The van der Waals surface area contributed by atoms with Crippen molar-refractivity contribution in [1.82, 2.24) is 10.2 Å². The van der Waals surface area contributed by atoms with Gasteiger partial charge in [-0.2, -0.15) is 0 Å². The lowest BCUT2D eigenvalue weighted by atomic mass is 10.2. The number of halogens is 2. The molecule has 2 N–H and O–H groups in total. The van der Waals surface area contributed by atoms with Crippen LogP contribution in [0.3, 0.4) is 0 Å². The number of benzene rings is 1. The molecule has 1 aliphatic rings. The Morgan fingerprint density at radius 3 is 2.95 bits per heavy atom. The summed E-state index contributed by atoms with van der Waals surface area (Å²) in [5.41, 5.74) is 0.241. The van der Waals surface area contributed by atoms with Gasteiger partial charge in [-0.3, -0.25) is 9.69 Å². The molecule has 4 nitrogen and oxygen atoms in total. The molecule has 19 heavy (non-hydrogen) atoms. The standard InChI is InChI=1S/C13H18FN3O.ClH/c1-10-8-17(7-6-15-10)9-13(18)16-12-5-3-2-4-11(12)14;/h2-5,10,15H,6-9H2,1H3,(H,16,18);1H. The van der Waals surface area contributed by atoms with E-state index in [4.69, 9.17) is 0 Å². The molecule has 0 radical (unpaired) electrons. The third kappa shape index (κ3) is 4.78. The fourth-order valence-corrected chi connectivity index (χ4v) is 2.11. The lowest BCUT2D eigenvalue weighted by molar-refractivity contribution is -0.117. The van der Waals surface area contributed by atoms with Crippen molar-refractivity contribution >= 4 is 24.0 Å². The van der Waals surface area contributed by atoms with Crippen molar-refractivity contribution in [3.8, 4) is 0 Å². The van der Waals surface area contributed by atoms with Crippen molar-refractivity contribution in [2.45, 2.75) is 13.0 Å². The van der Waals surface area contributed by atoms with E-state index >= 15 is 0 Å². The van der Waals surface area contributed by atoms with Gasteiger partial charge in [0, 0.05) is 25.7 Å². The number of nitrogens with zero attached hydrogens (tertiary/aromatic N) is 1. The lowest BCUT2D eigenvalue weighted by Crippen LogP contribution is -2.51. The van der Waals surface area contributed by atoms with Crippen LogP contribution in [0.15, 0.2) is 24.3 Å². The second-order valence-corrected chi connectivity index (χ2v) is 4.62. The summed E-state index contributed by atoms with van der Waals surface area (Å²) in [7, 11) is 0. The zero-order valence-electron chi connectivity index (χ0n) is 10.9. The summed E-state index contributed by atoms with van der Waals surface area (Å²) < 4.78 is 13.4. The molecule has 1 aromatic carbocycles. The van der Waals surface area contributed by atoms with Crippen LogP contribution in [0.4, 0.5) is 10.1 Å². The number of carbonyl (C=O) groups excluding carboxylic acids is 1. The molecule has 106 valence electrons. The molecule has 0 saturated carbocycles. The van der Waals surface area contributed by atoms with Crippen LogP contribution < -0.4 is 10.6 Å². The minimum absolute atomic E-state index is 0. The average Bonchev–Trinajstić information content (AvgIpc) is 2.32. The van der Waals surface area contributed by atoms with E-state index in [-0.39, 0.29) is 24.0 Å². The second-order valence-electron chi connectivity index (χ2n) is 4.62. The van der Waals surface area contributed by atoms with Gasteiger partial charge in [0.05, 0.1) is 12.2 Å². The van der Waals surface area contributed by atoms with E-state index in [0.717, 1.165) is 19.6 Å². The zero-order chi connectivity index (χ0) is 13.0. The largest absolute Gasteiger partial charge is 0.322 e. The van der Waals surface area contributed by atoms with Crippen molar-refractivity contribution in [1.29, 1.82) is 0 Å². The van der Waals surface area contributed by atoms with E-state index in [1.165, 1.54) is 6.07 Å². The third-order valence-corrected chi connectivity index (χ3v) is 2.97. The number of piperazine rings is 1. The third-order valence-electron chi connectivity index (χ3n) is 2.97. The van der Waals surface area contributed by atoms with Crippen LogP contribution in [0.25, 0.3) is 0 Å². The molecule has 1 fully saturated rings. The molecule has 0 bridgehead atoms. The highest BCUT2D eigenvalue weighted by molar-refractivity contribution is 5.92. The number of carbonyl (C=O) groups is 1. The maximum atomic E-state index is 13.4. The maximum absolute atomic E-state index is 13.4. The number of nitrogens with one attached hydrogen (secondary N) is 2. The Labute approximate surface area is 118 Å². The molecule has 6 heteroatoms. The number of anilines is 1. The average molecular weight is 288 g/mol. The van der Waals surface area contributed by atoms with E-state index in [1.54, 1.807) is 18.2 Å². The number of hydrogen-bond acceptors (Lipinski definition) is 3. The van der Waals surface area contributed by atoms with Crippen LogP contribution in [0.1, 0.15) is 6.92 Å². The summed E-state index contributed by atoms with van der Waals surface area (Å²) in [5, 5.41) is 5.91. The van der Waals surface area contributed by atoms with E-state index in [1.807, 2.05) is 0 Å². The molecular formula is C13H19ClFN3O. The van der Waals surface area contributed by atoms with Crippen LogP contribution in [-0.4, -0.2) is 43.0 Å². The Kier molecular flexibility index (Phi) is 6.21. The van der Waals surface area contributed by atoms with Gasteiger partial charge in [0.15, 0.2) is 0 Å². The molecule has 0 aromatic heterocycles. The number of hydrogen-bond donors (Lipinski definition) is 2. The van der Waals surface area contributed by atoms with Crippen LogP contribution in [0.5, 0.6) is 0 Å². The molecule has 1 atom stereocenters. The molecule has 0 spiro atoms. The maximum Gasteiger partial charge on any atom is 0.238 e. The highest BCUT2D eigenvalue weighted by Crippen LogP contribution is 2.12. The van der Waals surface area contributed by atoms with Crippen molar-refractivity contribution < 1.29 is 9.18 Å². The normalized spacial score (nSPS) is 19.6. The van der Waals surface area contributed by atoms with Crippen LogP contribution in [0, 0.1) is 5.82 Å². The Balaban J connectivity index is 0.00000180. The Hall–Kier alpha value is -1.17. The van der Waals surface area contributed by atoms with E-state index in [2.05, 4.69) is 22.5 Å². The first-order valence-electron chi connectivity index (χ1n) is 6.15. The molecule has 1 amide bonds. The van der Waals surface area contributed by atoms with Gasteiger partial charge in [0.1, 0.15) is 5.82 Å². The quantitative estimate of drug-likeness (QED) is 0.885.